The van der Waals surface area contributed by atoms with Crippen molar-refractivity contribution in [2.45, 2.75) is 11.0 Å². The number of nitrogens with zero attached hydrogens (tertiary/aromatic N) is 4. The zero-order valence-corrected chi connectivity index (χ0v) is 13.2. The van der Waals surface area contributed by atoms with Gasteiger partial charge in [-0.2, -0.15) is 0 Å². The minimum Gasteiger partial charge on any atom is -0.338 e. The molecular weight excluding hydrogens is 315 g/mol. The van der Waals surface area contributed by atoms with E-state index in [9.17, 15) is 4.39 Å². The van der Waals surface area contributed by atoms with Gasteiger partial charge < -0.3 is 10.6 Å². The molecule has 2 fully saturated rings. The van der Waals surface area contributed by atoms with E-state index in [1.807, 2.05) is 12.1 Å². The summed E-state index contributed by atoms with van der Waals surface area (Å²) in [6, 6.07) is 4.05. The fourth-order valence-corrected chi connectivity index (χ4v) is 4.59. The summed E-state index contributed by atoms with van der Waals surface area (Å²) in [6.45, 7) is 1.50. The molecule has 0 aliphatic carbocycles. The van der Waals surface area contributed by atoms with Crippen molar-refractivity contribution in [2.24, 2.45) is 11.7 Å². The number of thioether (sulfide) groups is 1. The van der Waals surface area contributed by atoms with Crippen molar-refractivity contribution in [1.82, 2.24) is 20.3 Å². The predicted octanol–water partition coefficient (Wildman–Crippen LogP) is 0.921. The lowest BCUT2D eigenvalue weighted by molar-refractivity contribution is 0.274. The van der Waals surface area contributed by atoms with Crippen LogP contribution in [-0.2, 0) is 5.54 Å². The first-order valence-corrected chi connectivity index (χ1v) is 8.50. The van der Waals surface area contributed by atoms with Gasteiger partial charge in [-0.15, -0.1) is 11.8 Å². The van der Waals surface area contributed by atoms with Crippen molar-refractivity contribution in [3.05, 3.63) is 48.3 Å². The number of nitrogens with two attached hydrogens (primary N) is 1. The van der Waals surface area contributed by atoms with Gasteiger partial charge in [-0.25, -0.2) is 14.4 Å². The van der Waals surface area contributed by atoms with E-state index in [4.69, 9.17) is 5.73 Å². The Morgan fingerprint density at radius 2 is 2.04 bits per heavy atom. The summed E-state index contributed by atoms with van der Waals surface area (Å²) in [6.07, 6.45) is 6.01. The third-order valence-corrected chi connectivity index (χ3v) is 5.61. The zero-order chi connectivity index (χ0) is 15.9. The van der Waals surface area contributed by atoms with E-state index in [-0.39, 0.29) is 11.0 Å². The molecule has 4 heterocycles. The highest BCUT2D eigenvalue weighted by Gasteiger charge is 2.51. The average molecular weight is 332 g/mol. The van der Waals surface area contributed by atoms with Gasteiger partial charge in [-0.1, -0.05) is 0 Å². The Labute approximate surface area is 137 Å². The fraction of sp³-hybridized carbons (Fsp3) is 0.400. The lowest BCUT2D eigenvalue weighted by atomic mass is 9.81. The Bertz CT molecular complexity index is 684. The first kappa shape index (κ1) is 14.8. The lowest BCUT2D eigenvalue weighted by Gasteiger charge is -2.42. The van der Waals surface area contributed by atoms with E-state index in [0.29, 0.717) is 18.4 Å². The number of pyridine rings is 1. The number of rotatable bonds is 2. The minimum absolute atomic E-state index is 0.117. The topological polar surface area (TPSA) is 80.0 Å². The Kier molecular flexibility index (Phi) is 3.67. The number of hydrogen-bond acceptors (Lipinski definition) is 7. The minimum atomic E-state index is -0.426. The summed E-state index contributed by atoms with van der Waals surface area (Å²) in [5.41, 5.74) is 6.94. The van der Waals surface area contributed by atoms with Gasteiger partial charge in [0.05, 0.1) is 17.9 Å². The maximum atomic E-state index is 13.1. The molecule has 6 nitrogen and oxygen atoms in total. The van der Waals surface area contributed by atoms with Crippen LogP contribution in [0.5, 0.6) is 0 Å². The Morgan fingerprint density at radius 1 is 1.30 bits per heavy atom. The van der Waals surface area contributed by atoms with E-state index in [2.05, 4.69) is 25.2 Å². The zero-order valence-electron chi connectivity index (χ0n) is 12.4. The van der Waals surface area contributed by atoms with E-state index in [1.165, 1.54) is 12.4 Å². The standard InChI is InChI=1S/C15H17FN6S/c16-12-5-19-14(20-6-12)22-7-11-8-23-13(17)21-15(11,9-22)10-1-3-18-4-2-10/h1-6,11,13,21H,7-9,17H2/t11-,13?,15+/m0/s1. The van der Waals surface area contributed by atoms with Crippen LogP contribution in [0.2, 0.25) is 0 Å². The number of fused-ring (bicyclic) bond motifs is 1. The van der Waals surface area contributed by atoms with Gasteiger partial charge in [0.15, 0.2) is 5.82 Å². The lowest BCUT2D eigenvalue weighted by Crippen LogP contribution is -2.59. The molecule has 0 saturated carbocycles. The predicted molar refractivity (Wildman–Crippen MR) is 87.2 cm³/mol. The van der Waals surface area contributed by atoms with E-state index >= 15 is 0 Å². The molecule has 1 unspecified atom stereocenters. The SMILES string of the molecule is NC1N[C@@]2(c3ccncc3)CN(c3ncc(F)cn3)C[C@H]2CS1. The molecule has 0 radical (unpaired) electrons. The Hall–Kier alpha value is -1.77. The molecule has 3 atom stereocenters. The summed E-state index contributed by atoms with van der Waals surface area (Å²) >= 11 is 1.71. The smallest absolute Gasteiger partial charge is 0.225 e. The largest absolute Gasteiger partial charge is 0.338 e. The summed E-state index contributed by atoms with van der Waals surface area (Å²) in [4.78, 5) is 14.5. The van der Waals surface area contributed by atoms with Gasteiger partial charge >= 0.3 is 0 Å². The summed E-state index contributed by atoms with van der Waals surface area (Å²) < 4.78 is 13.1. The maximum absolute atomic E-state index is 13.1. The number of hydrogen-bond donors (Lipinski definition) is 2. The first-order chi connectivity index (χ1) is 11.2. The van der Waals surface area contributed by atoms with Gasteiger partial charge in [0.25, 0.3) is 0 Å². The molecule has 0 aromatic carbocycles. The first-order valence-electron chi connectivity index (χ1n) is 7.45. The van der Waals surface area contributed by atoms with Crippen LogP contribution in [0.15, 0.2) is 36.9 Å². The van der Waals surface area contributed by atoms with E-state index < -0.39 is 5.82 Å². The normalized spacial score (nSPS) is 30.3. The third kappa shape index (κ3) is 2.56. The number of halogens is 1. The van der Waals surface area contributed by atoms with Crippen molar-refractivity contribution >= 4 is 17.7 Å². The highest BCUT2D eigenvalue weighted by atomic mass is 32.2. The van der Waals surface area contributed by atoms with Crippen molar-refractivity contribution in [3.63, 3.8) is 0 Å². The fourth-order valence-electron chi connectivity index (χ4n) is 3.47. The number of aromatic nitrogens is 3. The molecule has 0 bridgehead atoms. The third-order valence-electron chi connectivity index (χ3n) is 4.54. The van der Waals surface area contributed by atoms with Crippen LogP contribution in [0, 0.1) is 11.7 Å². The molecule has 4 rings (SSSR count). The van der Waals surface area contributed by atoms with Gasteiger partial charge in [-0.05, 0) is 17.7 Å². The molecule has 0 spiro atoms. The molecule has 0 amide bonds. The summed E-state index contributed by atoms with van der Waals surface area (Å²) in [7, 11) is 0. The summed E-state index contributed by atoms with van der Waals surface area (Å²) in [5, 5.41) is 3.56. The van der Waals surface area contributed by atoms with Crippen LogP contribution < -0.4 is 16.0 Å². The van der Waals surface area contributed by atoms with Gasteiger partial charge in [0.1, 0.15) is 5.50 Å². The van der Waals surface area contributed by atoms with Gasteiger partial charge in [0.2, 0.25) is 5.95 Å². The van der Waals surface area contributed by atoms with Crippen molar-refractivity contribution in [3.8, 4) is 0 Å². The van der Waals surface area contributed by atoms with Crippen molar-refractivity contribution < 1.29 is 4.39 Å². The van der Waals surface area contributed by atoms with Crippen LogP contribution in [0.4, 0.5) is 10.3 Å². The molecule has 2 aliphatic heterocycles. The van der Waals surface area contributed by atoms with Crippen LogP contribution in [0.25, 0.3) is 0 Å². The maximum Gasteiger partial charge on any atom is 0.225 e. The van der Waals surface area contributed by atoms with E-state index in [0.717, 1.165) is 17.9 Å². The van der Waals surface area contributed by atoms with Gasteiger partial charge in [0, 0.05) is 37.2 Å². The number of anilines is 1. The Balaban J connectivity index is 1.70. The molecule has 2 aliphatic rings. The van der Waals surface area contributed by atoms with Crippen LogP contribution in [0.1, 0.15) is 5.56 Å². The van der Waals surface area contributed by atoms with Crippen molar-refractivity contribution in [1.29, 1.82) is 0 Å². The second-order valence-electron chi connectivity index (χ2n) is 5.88. The Morgan fingerprint density at radius 3 is 2.78 bits per heavy atom. The van der Waals surface area contributed by atoms with Crippen LogP contribution in [0.3, 0.4) is 0 Å². The average Bonchev–Trinajstić information content (AvgIpc) is 2.96. The molecule has 2 aromatic rings. The molecule has 120 valence electrons. The molecule has 3 N–H and O–H groups in total. The quantitative estimate of drug-likeness (QED) is 0.846. The molecular formula is C15H17FN6S. The molecule has 8 heteroatoms. The van der Waals surface area contributed by atoms with Crippen LogP contribution in [-0.4, -0.2) is 39.3 Å². The molecule has 2 aromatic heterocycles. The highest BCUT2D eigenvalue weighted by Crippen LogP contribution is 2.43. The van der Waals surface area contributed by atoms with Crippen LogP contribution >= 0.6 is 11.8 Å². The van der Waals surface area contributed by atoms with E-state index in [1.54, 1.807) is 24.2 Å². The van der Waals surface area contributed by atoms with Gasteiger partial charge in [-0.3, -0.25) is 10.3 Å². The van der Waals surface area contributed by atoms with Crippen molar-refractivity contribution in [2.75, 3.05) is 23.7 Å². The highest BCUT2D eigenvalue weighted by molar-refractivity contribution is 7.99. The number of nitrogens with one attached hydrogen (secondary N) is 1. The summed E-state index contributed by atoms with van der Waals surface area (Å²) in [5.74, 6) is 1.44. The molecule has 2 saturated heterocycles. The second kappa shape index (κ2) is 5.70. The molecule has 23 heavy (non-hydrogen) atoms. The monoisotopic (exact) mass is 332 g/mol. The second-order valence-corrected chi connectivity index (χ2v) is 7.06.